The topological polar surface area (TPSA) is 83.2 Å². The maximum absolute atomic E-state index is 5.97. The standard InChI is InChI=1S/C21H31N7/c1-3-4-10-27-11-8-18-17(27)9-12-28(18)14-19-24-20(22)26-21(25-19)23-16-7-5-6-15(2)13-16/h5-7,13,17-18H,3-4,8-12,14H2,1-2H3,(H3,22,23,24,25,26)/t17-,18-/m0/s1. The number of hydrogen-bond acceptors (Lipinski definition) is 7. The average Bonchev–Trinajstić information content (AvgIpc) is 3.23. The van der Waals surface area contributed by atoms with Crippen molar-refractivity contribution in [3.05, 3.63) is 35.7 Å². The fraction of sp³-hybridized carbons (Fsp3) is 0.571. The summed E-state index contributed by atoms with van der Waals surface area (Å²) in [5.41, 5.74) is 8.11. The molecular formula is C21H31N7. The SMILES string of the molecule is CCCCN1CC[C@H]2[C@@H]1CCN2Cc1nc(N)nc(Nc2cccc(C)c2)n1. The van der Waals surface area contributed by atoms with Crippen LogP contribution in [-0.4, -0.2) is 56.5 Å². The third-order valence-electron chi connectivity index (χ3n) is 5.92. The molecule has 0 spiro atoms. The minimum atomic E-state index is 0.270. The predicted octanol–water partition coefficient (Wildman–Crippen LogP) is 2.95. The maximum Gasteiger partial charge on any atom is 0.232 e. The van der Waals surface area contributed by atoms with E-state index in [1.54, 1.807) is 0 Å². The number of benzene rings is 1. The molecular weight excluding hydrogens is 350 g/mol. The molecule has 0 bridgehead atoms. The second-order valence-electron chi connectivity index (χ2n) is 8.00. The molecule has 0 aliphatic carbocycles. The molecule has 1 aromatic heterocycles. The Labute approximate surface area is 167 Å². The van der Waals surface area contributed by atoms with Crippen molar-refractivity contribution >= 4 is 17.6 Å². The second-order valence-corrected chi connectivity index (χ2v) is 8.00. The van der Waals surface area contributed by atoms with Crippen molar-refractivity contribution in [3.63, 3.8) is 0 Å². The highest BCUT2D eigenvalue weighted by Gasteiger charge is 2.42. The number of nitrogens with two attached hydrogens (primary N) is 1. The lowest BCUT2D eigenvalue weighted by molar-refractivity contribution is 0.212. The number of nitrogen functional groups attached to an aromatic ring is 1. The highest BCUT2D eigenvalue weighted by Crippen LogP contribution is 2.32. The summed E-state index contributed by atoms with van der Waals surface area (Å²) >= 11 is 0. The van der Waals surface area contributed by atoms with Crippen molar-refractivity contribution in [2.45, 2.75) is 58.2 Å². The summed E-state index contributed by atoms with van der Waals surface area (Å²) in [6.07, 6.45) is 5.03. The van der Waals surface area contributed by atoms with Crippen LogP contribution in [0.25, 0.3) is 0 Å². The molecule has 0 amide bonds. The number of fused-ring (bicyclic) bond motifs is 1. The maximum atomic E-state index is 5.97. The molecule has 2 aliphatic heterocycles. The Morgan fingerprint density at radius 3 is 2.68 bits per heavy atom. The smallest absolute Gasteiger partial charge is 0.232 e. The first-order valence-corrected chi connectivity index (χ1v) is 10.4. The van der Waals surface area contributed by atoms with E-state index < -0.39 is 0 Å². The van der Waals surface area contributed by atoms with Crippen molar-refractivity contribution in [2.24, 2.45) is 0 Å². The molecule has 2 saturated heterocycles. The predicted molar refractivity (Wildman–Crippen MR) is 112 cm³/mol. The average molecular weight is 382 g/mol. The molecule has 4 rings (SSSR count). The van der Waals surface area contributed by atoms with Crippen LogP contribution in [0.15, 0.2) is 24.3 Å². The third-order valence-corrected chi connectivity index (χ3v) is 5.92. The Bertz CT molecular complexity index is 809. The number of anilines is 3. The highest BCUT2D eigenvalue weighted by atomic mass is 15.3. The number of rotatable bonds is 7. The van der Waals surface area contributed by atoms with E-state index in [0.29, 0.717) is 18.0 Å². The van der Waals surface area contributed by atoms with Crippen LogP contribution in [0, 0.1) is 6.92 Å². The number of nitrogens with one attached hydrogen (secondary N) is 1. The van der Waals surface area contributed by atoms with Gasteiger partial charge in [0.1, 0.15) is 5.82 Å². The van der Waals surface area contributed by atoms with Crippen LogP contribution in [0.4, 0.5) is 17.6 Å². The number of aromatic nitrogens is 3. The van der Waals surface area contributed by atoms with Gasteiger partial charge >= 0.3 is 0 Å². The first-order valence-electron chi connectivity index (χ1n) is 10.4. The van der Waals surface area contributed by atoms with Gasteiger partial charge in [-0.1, -0.05) is 25.5 Å². The monoisotopic (exact) mass is 381 g/mol. The van der Waals surface area contributed by atoms with Crippen LogP contribution in [0.3, 0.4) is 0 Å². The molecule has 7 heteroatoms. The van der Waals surface area contributed by atoms with Gasteiger partial charge in [0.15, 0.2) is 0 Å². The molecule has 2 atom stereocenters. The largest absolute Gasteiger partial charge is 0.368 e. The number of likely N-dealkylation sites (tertiary alicyclic amines) is 2. The van der Waals surface area contributed by atoms with Crippen LogP contribution >= 0.6 is 0 Å². The van der Waals surface area contributed by atoms with Crippen molar-refractivity contribution < 1.29 is 0 Å². The third kappa shape index (κ3) is 4.25. The quantitative estimate of drug-likeness (QED) is 0.763. The summed E-state index contributed by atoms with van der Waals surface area (Å²) in [6, 6.07) is 9.44. The van der Waals surface area contributed by atoms with Gasteiger partial charge in [0.2, 0.25) is 11.9 Å². The van der Waals surface area contributed by atoms with Gasteiger partial charge in [-0.15, -0.1) is 0 Å². The molecule has 2 aromatic rings. The summed E-state index contributed by atoms with van der Waals surface area (Å²) < 4.78 is 0. The normalized spacial score (nSPS) is 22.5. The fourth-order valence-corrected chi connectivity index (χ4v) is 4.60. The number of hydrogen-bond donors (Lipinski definition) is 2. The Kier molecular flexibility index (Phi) is 5.73. The van der Waals surface area contributed by atoms with E-state index >= 15 is 0 Å². The van der Waals surface area contributed by atoms with Gasteiger partial charge in [-0.3, -0.25) is 9.80 Å². The van der Waals surface area contributed by atoms with Crippen LogP contribution in [-0.2, 0) is 6.54 Å². The van der Waals surface area contributed by atoms with Crippen LogP contribution in [0.2, 0.25) is 0 Å². The zero-order valence-corrected chi connectivity index (χ0v) is 16.9. The van der Waals surface area contributed by atoms with Gasteiger partial charge in [0.05, 0.1) is 6.54 Å². The Hall–Kier alpha value is -2.25. The number of nitrogens with zero attached hydrogens (tertiary/aromatic N) is 5. The molecule has 3 N–H and O–H groups in total. The van der Waals surface area contributed by atoms with Crippen LogP contribution < -0.4 is 11.1 Å². The lowest BCUT2D eigenvalue weighted by Gasteiger charge is -2.25. The summed E-state index contributed by atoms with van der Waals surface area (Å²) in [6.45, 7) is 8.61. The van der Waals surface area contributed by atoms with E-state index in [4.69, 9.17) is 5.73 Å². The Morgan fingerprint density at radius 1 is 1.11 bits per heavy atom. The van der Waals surface area contributed by atoms with Crippen molar-refractivity contribution in [1.29, 1.82) is 0 Å². The van der Waals surface area contributed by atoms with Gasteiger partial charge in [-0.05, 0) is 50.4 Å². The first-order chi connectivity index (χ1) is 13.6. The van der Waals surface area contributed by atoms with Gasteiger partial charge in [-0.2, -0.15) is 15.0 Å². The van der Waals surface area contributed by atoms with E-state index in [-0.39, 0.29) is 5.95 Å². The zero-order chi connectivity index (χ0) is 19.5. The summed E-state index contributed by atoms with van der Waals surface area (Å²) in [7, 11) is 0. The number of aryl methyl sites for hydroxylation is 1. The minimum Gasteiger partial charge on any atom is -0.368 e. The minimum absolute atomic E-state index is 0.270. The second kappa shape index (κ2) is 8.41. The van der Waals surface area contributed by atoms with E-state index in [2.05, 4.69) is 56.0 Å². The first kappa shape index (κ1) is 19.1. The Balaban J connectivity index is 1.43. The van der Waals surface area contributed by atoms with Gasteiger partial charge < -0.3 is 11.1 Å². The molecule has 0 unspecified atom stereocenters. The van der Waals surface area contributed by atoms with Crippen molar-refractivity contribution in [2.75, 3.05) is 30.7 Å². The fourth-order valence-electron chi connectivity index (χ4n) is 4.60. The molecule has 0 saturated carbocycles. The molecule has 28 heavy (non-hydrogen) atoms. The molecule has 2 fully saturated rings. The van der Waals surface area contributed by atoms with Gasteiger partial charge in [0.25, 0.3) is 0 Å². The van der Waals surface area contributed by atoms with Crippen molar-refractivity contribution in [3.8, 4) is 0 Å². The molecule has 7 nitrogen and oxygen atoms in total. The molecule has 3 heterocycles. The molecule has 2 aliphatic rings. The van der Waals surface area contributed by atoms with E-state index in [9.17, 15) is 0 Å². The summed E-state index contributed by atoms with van der Waals surface area (Å²) in [5, 5.41) is 3.26. The van der Waals surface area contributed by atoms with E-state index in [1.165, 1.54) is 44.3 Å². The summed E-state index contributed by atoms with van der Waals surface area (Å²) in [4.78, 5) is 18.5. The van der Waals surface area contributed by atoms with Gasteiger partial charge in [-0.25, -0.2) is 0 Å². The highest BCUT2D eigenvalue weighted by molar-refractivity contribution is 5.54. The van der Waals surface area contributed by atoms with Crippen LogP contribution in [0.5, 0.6) is 0 Å². The van der Waals surface area contributed by atoms with E-state index in [0.717, 1.165) is 24.6 Å². The number of unbranched alkanes of at least 4 members (excludes halogenated alkanes) is 1. The lowest BCUT2D eigenvalue weighted by Crippen LogP contribution is -2.37. The Morgan fingerprint density at radius 2 is 1.89 bits per heavy atom. The van der Waals surface area contributed by atoms with Crippen LogP contribution in [0.1, 0.15) is 44.0 Å². The van der Waals surface area contributed by atoms with Gasteiger partial charge in [0, 0.05) is 30.9 Å². The molecule has 0 radical (unpaired) electrons. The summed E-state index contributed by atoms with van der Waals surface area (Å²) in [5.74, 6) is 1.53. The molecule has 150 valence electrons. The zero-order valence-electron chi connectivity index (χ0n) is 16.9. The van der Waals surface area contributed by atoms with Crippen molar-refractivity contribution in [1.82, 2.24) is 24.8 Å². The molecule has 1 aromatic carbocycles. The lowest BCUT2D eigenvalue weighted by atomic mass is 10.1. The van der Waals surface area contributed by atoms with E-state index in [1.807, 2.05) is 12.1 Å².